The number of carbonyl (C=O) groups excluding carboxylic acids is 1. The molecule has 0 saturated carbocycles. The third-order valence-electron chi connectivity index (χ3n) is 1.94. The Balaban J connectivity index is 2.78. The van der Waals surface area contributed by atoms with E-state index in [1.807, 2.05) is 6.07 Å². The molecule has 1 amide bonds. The number of carbonyl (C=O) groups is 1. The van der Waals surface area contributed by atoms with E-state index in [1.165, 1.54) is 0 Å². The van der Waals surface area contributed by atoms with Gasteiger partial charge in [0, 0.05) is 7.05 Å². The molecule has 0 fully saturated rings. The van der Waals surface area contributed by atoms with Crippen molar-refractivity contribution in [3.05, 3.63) is 23.8 Å². The largest absolute Gasteiger partial charge is 0.396 e. The van der Waals surface area contributed by atoms with E-state index in [0.29, 0.717) is 16.9 Å². The van der Waals surface area contributed by atoms with E-state index in [0.717, 1.165) is 0 Å². The van der Waals surface area contributed by atoms with Gasteiger partial charge in [0.15, 0.2) is 0 Å². The Morgan fingerprint density at radius 3 is 2.93 bits per heavy atom. The Kier molecular flexibility index (Phi) is 3.52. The average Bonchev–Trinajstić information content (AvgIpc) is 2.27. The molecule has 0 heterocycles. The van der Waals surface area contributed by atoms with Crippen molar-refractivity contribution in [3.8, 4) is 6.07 Å². The maximum absolute atomic E-state index is 11.0. The van der Waals surface area contributed by atoms with Crippen molar-refractivity contribution >= 4 is 17.3 Å². The molecular weight excluding hydrogens is 192 g/mol. The van der Waals surface area contributed by atoms with E-state index < -0.39 is 0 Å². The molecule has 4 N–H and O–H groups in total. The van der Waals surface area contributed by atoms with Crippen LogP contribution in [0, 0.1) is 11.3 Å². The molecule has 1 aromatic carbocycles. The van der Waals surface area contributed by atoms with Gasteiger partial charge < -0.3 is 16.4 Å². The molecule has 0 radical (unpaired) electrons. The first-order valence-corrected chi connectivity index (χ1v) is 4.42. The molecule has 0 aromatic heterocycles. The maximum Gasteiger partial charge on any atom is 0.239 e. The van der Waals surface area contributed by atoms with Crippen LogP contribution >= 0.6 is 0 Å². The normalized spacial score (nSPS) is 9.07. The number of likely N-dealkylation sites (N-methyl/N-ethyl adjacent to an activating group) is 1. The predicted molar refractivity (Wildman–Crippen MR) is 58.1 cm³/mol. The van der Waals surface area contributed by atoms with Crippen LogP contribution in [0.25, 0.3) is 0 Å². The van der Waals surface area contributed by atoms with Gasteiger partial charge in [-0.25, -0.2) is 0 Å². The highest BCUT2D eigenvalue weighted by Gasteiger charge is 2.04. The summed E-state index contributed by atoms with van der Waals surface area (Å²) in [6, 6.07) is 7.03. The maximum atomic E-state index is 11.0. The van der Waals surface area contributed by atoms with Gasteiger partial charge >= 0.3 is 0 Å². The number of rotatable bonds is 3. The molecule has 0 spiro atoms. The molecule has 0 unspecified atom stereocenters. The molecule has 15 heavy (non-hydrogen) atoms. The molecule has 5 heteroatoms. The molecule has 0 bridgehead atoms. The zero-order chi connectivity index (χ0) is 11.3. The average molecular weight is 204 g/mol. The van der Waals surface area contributed by atoms with Crippen LogP contribution in [0.4, 0.5) is 11.4 Å². The van der Waals surface area contributed by atoms with Gasteiger partial charge in [-0.05, 0) is 12.1 Å². The number of hydrogen-bond donors (Lipinski definition) is 3. The Morgan fingerprint density at radius 1 is 1.60 bits per heavy atom. The minimum Gasteiger partial charge on any atom is -0.396 e. The van der Waals surface area contributed by atoms with E-state index in [1.54, 1.807) is 25.2 Å². The second-order valence-electron chi connectivity index (χ2n) is 2.91. The summed E-state index contributed by atoms with van der Waals surface area (Å²) in [5.74, 6) is -0.142. The zero-order valence-corrected chi connectivity index (χ0v) is 8.37. The summed E-state index contributed by atoms with van der Waals surface area (Å²) < 4.78 is 0. The summed E-state index contributed by atoms with van der Waals surface area (Å²) in [5, 5.41) is 14.1. The van der Waals surface area contributed by atoms with Gasteiger partial charge in [-0.2, -0.15) is 5.26 Å². The van der Waals surface area contributed by atoms with Gasteiger partial charge in [-0.1, -0.05) is 6.07 Å². The standard InChI is InChI=1S/C10H12N4O/c1-13-9(15)6-14-8-4-2-3-7(5-11)10(8)12/h2-4,14H,6,12H2,1H3,(H,13,15). The molecule has 0 aliphatic carbocycles. The fourth-order valence-corrected chi connectivity index (χ4v) is 1.08. The minimum absolute atomic E-state index is 0.135. The number of amides is 1. The number of nitrogen functional groups attached to an aromatic ring is 1. The molecule has 5 nitrogen and oxygen atoms in total. The van der Waals surface area contributed by atoms with E-state index in [2.05, 4.69) is 10.6 Å². The fourth-order valence-electron chi connectivity index (χ4n) is 1.08. The van der Waals surface area contributed by atoms with Crippen LogP contribution in [0.15, 0.2) is 18.2 Å². The predicted octanol–water partition coefficient (Wildman–Crippen LogP) is 0.298. The molecule has 78 valence electrons. The molecule has 0 aliphatic heterocycles. The van der Waals surface area contributed by atoms with Gasteiger partial charge in [-0.3, -0.25) is 4.79 Å². The summed E-state index contributed by atoms with van der Waals surface area (Å²) >= 11 is 0. The van der Waals surface area contributed by atoms with Gasteiger partial charge in [-0.15, -0.1) is 0 Å². The first kappa shape index (κ1) is 10.9. The fraction of sp³-hybridized carbons (Fsp3) is 0.200. The van der Waals surface area contributed by atoms with Gasteiger partial charge in [0.25, 0.3) is 0 Å². The van der Waals surface area contributed by atoms with E-state index in [9.17, 15) is 4.79 Å². The number of benzene rings is 1. The van der Waals surface area contributed by atoms with Crippen LogP contribution < -0.4 is 16.4 Å². The molecule has 0 atom stereocenters. The zero-order valence-electron chi connectivity index (χ0n) is 8.37. The van der Waals surface area contributed by atoms with Crippen LogP contribution in [0.2, 0.25) is 0 Å². The molecular formula is C10H12N4O. The number of nitrogens with two attached hydrogens (primary N) is 1. The lowest BCUT2D eigenvalue weighted by Gasteiger charge is -2.08. The molecule has 0 saturated heterocycles. The number of nitriles is 1. The summed E-state index contributed by atoms with van der Waals surface area (Å²) in [7, 11) is 1.55. The van der Waals surface area contributed by atoms with E-state index in [4.69, 9.17) is 11.0 Å². The van der Waals surface area contributed by atoms with Crippen LogP contribution in [0.3, 0.4) is 0 Å². The number of hydrogen-bond acceptors (Lipinski definition) is 4. The Labute approximate surface area is 87.9 Å². The highest BCUT2D eigenvalue weighted by atomic mass is 16.1. The van der Waals surface area contributed by atoms with Crippen LogP contribution in [-0.2, 0) is 4.79 Å². The minimum atomic E-state index is -0.142. The summed E-state index contributed by atoms with van der Waals surface area (Å²) in [5.41, 5.74) is 7.06. The van der Waals surface area contributed by atoms with Crippen molar-refractivity contribution < 1.29 is 4.79 Å². The Bertz CT molecular complexity index is 408. The first-order chi connectivity index (χ1) is 7.19. The number of nitrogens with zero attached hydrogens (tertiary/aromatic N) is 1. The Hall–Kier alpha value is -2.22. The summed E-state index contributed by atoms with van der Waals surface area (Å²) in [6.07, 6.45) is 0. The van der Waals surface area contributed by atoms with Gasteiger partial charge in [0.1, 0.15) is 6.07 Å². The Morgan fingerprint density at radius 2 is 2.33 bits per heavy atom. The molecule has 1 rings (SSSR count). The van der Waals surface area contributed by atoms with Gasteiger partial charge in [0.2, 0.25) is 5.91 Å². The number of nitrogens with one attached hydrogen (secondary N) is 2. The monoisotopic (exact) mass is 204 g/mol. The third-order valence-corrected chi connectivity index (χ3v) is 1.94. The van der Waals surface area contributed by atoms with Crippen molar-refractivity contribution in [3.63, 3.8) is 0 Å². The SMILES string of the molecule is CNC(=O)CNc1cccc(C#N)c1N. The van der Waals surface area contributed by atoms with Gasteiger partial charge in [0.05, 0.1) is 23.5 Å². The topological polar surface area (TPSA) is 90.9 Å². The van der Waals surface area contributed by atoms with Crippen LogP contribution in [0.5, 0.6) is 0 Å². The van der Waals surface area contributed by atoms with E-state index >= 15 is 0 Å². The second kappa shape index (κ2) is 4.86. The van der Waals surface area contributed by atoms with Crippen molar-refractivity contribution in [2.75, 3.05) is 24.6 Å². The van der Waals surface area contributed by atoms with E-state index in [-0.39, 0.29) is 12.5 Å². The van der Waals surface area contributed by atoms with Crippen LogP contribution in [-0.4, -0.2) is 19.5 Å². The summed E-state index contributed by atoms with van der Waals surface area (Å²) in [4.78, 5) is 11.0. The lowest BCUT2D eigenvalue weighted by molar-refractivity contribution is -0.118. The summed E-state index contributed by atoms with van der Waals surface area (Å²) in [6.45, 7) is 0.135. The van der Waals surface area contributed by atoms with Crippen LogP contribution in [0.1, 0.15) is 5.56 Å². The third kappa shape index (κ3) is 2.61. The second-order valence-corrected chi connectivity index (χ2v) is 2.91. The van der Waals surface area contributed by atoms with Crippen molar-refractivity contribution in [2.24, 2.45) is 0 Å². The molecule has 0 aliphatic rings. The van der Waals surface area contributed by atoms with Crippen molar-refractivity contribution in [1.29, 1.82) is 5.26 Å². The first-order valence-electron chi connectivity index (χ1n) is 4.42. The van der Waals surface area contributed by atoms with Crippen molar-refractivity contribution in [1.82, 2.24) is 5.32 Å². The number of anilines is 2. The molecule has 1 aromatic rings. The number of para-hydroxylation sites is 1. The highest BCUT2D eigenvalue weighted by molar-refractivity contribution is 5.82. The van der Waals surface area contributed by atoms with Crippen molar-refractivity contribution in [2.45, 2.75) is 0 Å². The smallest absolute Gasteiger partial charge is 0.239 e. The quantitative estimate of drug-likeness (QED) is 0.617. The lowest BCUT2D eigenvalue weighted by atomic mass is 10.1. The highest BCUT2D eigenvalue weighted by Crippen LogP contribution is 2.21. The lowest BCUT2D eigenvalue weighted by Crippen LogP contribution is -2.26.